The lowest BCUT2D eigenvalue weighted by Crippen LogP contribution is -2.03. The molecule has 0 bridgehead atoms. The molecule has 1 atom stereocenters. The van der Waals surface area contributed by atoms with Gasteiger partial charge in [-0.05, 0) is 36.6 Å². The molecule has 0 aliphatic rings. The maximum atomic E-state index is 12.9. The maximum absolute atomic E-state index is 12.9. The number of halogens is 1. The van der Waals surface area contributed by atoms with E-state index in [2.05, 4.69) is 12.1 Å². The Balaban J connectivity index is 1.91. The van der Waals surface area contributed by atoms with Gasteiger partial charge in [0.1, 0.15) is 5.82 Å². The van der Waals surface area contributed by atoms with Crippen LogP contribution in [0, 0.1) is 5.82 Å². The lowest BCUT2D eigenvalue weighted by Gasteiger charge is -2.06. The van der Waals surface area contributed by atoms with E-state index in [9.17, 15) is 8.60 Å². The summed E-state index contributed by atoms with van der Waals surface area (Å²) in [7, 11) is -1.17. The first-order chi connectivity index (χ1) is 9.16. The molecule has 0 aliphatic carbocycles. The summed E-state index contributed by atoms with van der Waals surface area (Å²) < 4.78 is 25.0. The molecule has 4 heteroatoms. The summed E-state index contributed by atoms with van der Waals surface area (Å²) in [5, 5.41) is 0. The van der Waals surface area contributed by atoms with Gasteiger partial charge in [-0.25, -0.2) is 4.39 Å². The molecule has 0 heterocycles. The molecular weight excluding hydrogens is 261 g/mol. The molecule has 0 fully saturated rings. The molecule has 0 saturated carbocycles. The Morgan fingerprint density at radius 2 is 1.84 bits per heavy atom. The van der Waals surface area contributed by atoms with Gasteiger partial charge >= 0.3 is 0 Å². The first-order valence-corrected chi connectivity index (χ1v) is 7.46. The third kappa shape index (κ3) is 3.89. The molecular formula is C15H16FNOS. The molecule has 2 N–H and O–H groups in total. The van der Waals surface area contributed by atoms with Crippen LogP contribution >= 0.6 is 0 Å². The van der Waals surface area contributed by atoms with Gasteiger partial charge in [-0.3, -0.25) is 4.21 Å². The number of benzene rings is 2. The van der Waals surface area contributed by atoms with Crippen LogP contribution in [0.15, 0.2) is 53.4 Å². The van der Waals surface area contributed by atoms with Gasteiger partial charge in [0.05, 0.1) is 21.4 Å². The minimum Gasteiger partial charge on any atom is -0.398 e. The van der Waals surface area contributed by atoms with Crippen molar-refractivity contribution in [2.45, 2.75) is 17.7 Å². The third-order valence-corrected chi connectivity index (χ3v) is 4.38. The van der Waals surface area contributed by atoms with E-state index in [0.717, 1.165) is 12.8 Å². The van der Waals surface area contributed by atoms with Gasteiger partial charge in [0, 0.05) is 5.75 Å². The normalized spacial score (nSPS) is 12.3. The Hall–Kier alpha value is -1.68. The predicted molar refractivity (Wildman–Crippen MR) is 76.9 cm³/mol. The van der Waals surface area contributed by atoms with Crippen LogP contribution in [-0.2, 0) is 17.2 Å². The summed E-state index contributed by atoms with van der Waals surface area (Å²) in [5.74, 6) is 0.132. The van der Waals surface area contributed by atoms with Gasteiger partial charge in [-0.1, -0.05) is 30.3 Å². The van der Waals surface area contributed by atoms with Crippen molar-refractivity contribution in [1.29, 1.82) is 0 Å². The van der Waals surface area contributed by atoms with E-state index in [1.165, 1.54) is 23.8 Å². The highest BCUT2D eigenvalue weighted by Gasteiger charge is 2.08. The molecule has 0 aromatic heterocycles. The highest BCUT2D eigenvalue weighted by atomic mass is 32.2. The van der Waals surface area contributed by atoms with E-state index in [-0.39, 0.29) is 5.69 Å². The average molecular weight is 277 g/mol. The van der Waals surface area contributed by atoms with Crippen molar-refractivity contribution in [2.24, 2.45) is 0 Å². The molecule has 0 radical (unpaired) electrons. The van der Waals surface area contributed by atoms with Crippen molar-refractivity contribution >= 4 is 16.5 Å². The molecule has 0 spiro atoms. The van der Waals surface area contributed by atoms with Crippen LogP contribution in [-0.4, -0.2) is 9.96 Å². The number of anilines is 1. The van der Waals surface area contributed by atoms with E-state index >= 15 is 0 Å². The van der Waals surface area contributed by atoms with Crippen molar-refractivity contribution in [2.75, 3.05) is 11.5 Å². The smallest absolute Gasteiger partial charge is 0.125 e. The average Bonchev–Trinajstić information content (AvgIpc) is 2.39. The molecule has 2 nitrogen and oxygen atoms in total. The van der Waals surface area contributed by atoms with E-state index in [0.29, 0.717) is 10.6 Å². The summed E-state index contributed by atoms with van der Waals surface area (Å²) in [5.41, 5.74) is 7.16. The van der Waals surface area contributed by atoms with Crippen LogP contribution in [0.1, 0.15) is 12.0 Å². The second kappa shape index (κ2) is 6.48. The Morgan fingerprint density at radius 3 is 2.53 bits per heavy atom. The first-order valence-electron chi connectivity index (χ1n) is 6.14. The molecule has 19 heavy (non-hydrogen) atoms. The van der Waals surface area contributed by atoms with Crippen LogP contribution in [0.25, 0.3) is 0 Å². The minimum absolute atomic E-state index is 0.262. The highest BCUT2D eigenvalue weighted by molar-refractivity contribution is 7.85. The fourth-order valence-electron chi connectivity index (χ4n) is 1.89. The van der Waals surface area contributed by atoms with Crippen LogP contribution in [0.2, 0.25) is 0 Å². The Kier molecular flexibility index (Phi) is 4.68. The lowest BCUT2D eigenvalue weighted by molar-refractivity contribution is 0.627. The number of hydrogen-bond donors (Lipinski definition) is 1. The summed E-state index contributed by atoms with van der Waals surface area (Å²) >= 11 is 0. The highest BCUT2D eigenvalue weighted by Crippen LogP contribution is 2.18. The molecule has 2 aromatic rings. The van der Waals surface area contributed by atoms with E-state index in [1.807, 2.05) is 18.2 Å². The second-order valence-corrected chi connectivity index (χ2v) is 5.86. The standard InChI is InChI=1S/C15H16FNOS/c16-13-8-9-15(14(17)11-13)19(18)10-4-7-12-5-2-1-3-6-12/h1-3,5-6,8-9,11H,4,7,10,17H2. The zero-order chi connectivity index (χ0) is 13.7. The number of hydrogen-bond acceptors (Lipinski definition) is 2. The van der Waals surface area contributed by atoms with E-state index < -0.39 is 16.6 Å². The SMILES string of the molecule is Nc1cc(F)ccc1S(=O)CCCc1ccccc1. The monoisotopic (exact) mass is 277 g/mol. The van der Waals surface area contributed by atoms with Gasteiger partial charge in [-0.15, -0.1) is 0 Å². The number of nitrogens with two attached hydrogens (primary N) is 1. The van der Waals surface area contributed by atoms with Crippen LogP contribution < -0.4 is 5.73 Å². The van der Waals surface area contributed by atoms with Crippen LogP contribution in [0.3, 0.4) is 0 Å². The van der Waals surface area contributed by atoms with Gasteiger partial charge in [0.25, 0.3) is 0 Å². The Labute approximate surface area is 114 Å². The first kappa shape index (κ1) is 13.7. The summed E-state index contributed by atoms with van der Waals surface area (Å²) in [6.07, 6.45) is 1.70. The summed E-state index contributed by atoms with van der Waals surface area (Å²) in [6.45, 7) is 0. The zero-order valence-corrected chi connectivity index (χ0v) is 11.3. The van der Waals surface area contributed by atoms with E-state index in [4.69, 9.17) is 5.73 Å². The van der Waals surface area contributed by atoms with Crippen molar-refractivity contribution in [3.8, 4) is 0 Å². The summed E-state index contributed by atoms with van der Waals surface area (Å²) in [4.78, 5) is 0.523. The number of rotatable bonds is 5. The largest absolute Gasteiger partial charge is 0.398 e. The molecule has 2 aromatic carbocycles. The Bertz CT molecular complexity index is 572. The van der Waals surface area contributed by atoms with Crippen molar-refractivity contribution in [1.82, 2.24) is 0 Å². The van der Waals surface area contributed by atoms with Crippen molar-refractivity contribution in [3.05, 3.63) is 59.9 Å². The topological polar surface area (TPSA) is 43.1 Å². The van der Waals surface area contributed by atoms with Gasteiger partial charge in [0.2, 0.25) is 0 Å². The van der Waals surface area contributed by atoms with Gasteiger partial charge in [0.15, 0.2) is 0 Å². The minimum atomic E-state index is -1.17. The molecule has 1 unspecified atom stereocenters. The lowest BCUT2D eigenvalue weighted by atomic mass is 10.1. The number of nitrogen functional groups attached to an aromatic ring is 1. The molecule has 0 saturated heterocycles. The molecule has 0 amide bonds. The van der Waals surface area contributed by atoms with Crippen molar-refractivity contribution < 1.29 is 8.60 Å². The van der Waals surface area contributed by atoms with Crippen LogP contribution in [0.5, 0.6) is 0 Å². The quantitative estimate of drug-likeness (QED) is 0.853. The van der Waals surface area contributed by atoms with Crippen molar-refractivity contribution in [3.63, 3.8) is 0 Å². The molecule has 0 aliphatic heterocycles. The molecule has 2 rings (SSSR count). The fraction of sp³-hybridized carbons (Fsp3) is 0.200. The second-order valence-electron chi connectivity index (χ2n) is 4.32. The molecule has 100 valence electrons. The van der Waals surface area contributed by atoms with Gasteiger partial charge in [-0.2, -0.15) is 0 Å². The van der Waals surface area contributed by atoms with Gasteiger partial charge < -0.3 is 5.73 Å². The van der Waals surface area contributed by atoms with Crippen LogP contribution in [0.4, 0.5) is 10.1 Å². The fourth-order valence-corrected chi connectivity index (χ4v) is 3.06. The Morgan fingerprint density at radius 1 is 1.11 bits per heavy atom. The summed E-state index contributed by atoms with van der Waals surface area (Å²) in [6, 6.07) is 14.1. The zero-order valence-electron chi connectivity index (χ0n) is 10.5. The van der Waals surface area contributed by atoms with E-state index in [1.54, 1.807) is 0 Å². The maximum Gasteiger partial charge on any atom is 0.125 e. The third-order valence-electron chi connectivity index (χ3n) is 2.86. The number of aryl methyl sites for hydroxylation is 1. The predicted octanol–water partition coefficient (Wildman–Crippen LogP) is 3.15.